The third-order valence-corrected chi connectivity index (χ3v) is 13.2. The van der Waals surface area contributed by atoms with Gasteiger partial charge in [0.1, 0.15) is 5.60 Å². The van der Waals surface area contributed by atoms with E-state index in [9.17, 15) is 14.4 Å². The minimum absolute atomic E-state index is 0.0119. The van der Waals surface area contributed by atoms with Crippen molar-refractivity contribution < 1.29 is 19.1 Å². The predicted molar refractivity (Wildman–Crippen MR) is 173 cm³/mol. The fourth-order valence-electron chi connectivity index (χ4n) is 9.54. The second kappa shape index (κ2) is 12.6. The van der Waals surface area contributed by atoms with E-state index in [2.05, 4.69) is 62.9 Å². The van der Waals surface area contributed by atoms with E-state index in [1.807, 2.05) is 12.1 Å². The van der Waals surface area contributed by atoms with Gasteiger partial charge in [0, 0.05) is 36.5 Å². The van der Waals surface area contributed by atoms with Crippen LogP contribution in [0.2, 0.25) is 0 Å². The average Bonchev–Trinajstić information content (AvgIpc) is 3.49. The molecule has 0 radical (unpaired) electrons. The zero-order valence-electron chi connectivity index (χ0n) is 26.7. The van der Waals surface area contributed by atoms with Crippen molar-refractivity contribution in [3.05, 3.63) is 47.5 Å². The van der Waals surface area contributed by atoms with Crippen molar-refractivity contribution in [1.82, 2.24) is 4.90 Å². The Morgan fingerprint density at radius 1 is 1.09 bits per heavy atom. The third kappa shape index (κ3) is 6.01. The molecule has 3 saturated carbocycles. The Balaban J connectivity index is 0.000000222. The molecule has 8 atom stereocenters. The average molecular weight is 604 g/mol. The summed E-state index contributed by atoms with van der Waals surface area (Å²) in [6.45, 7) is 9.33. The molecule has 4 aliphatic carbocycles. The number of thioether (sulfide) groups is 1. The molecule has 5 aliphatic rings. The molecule has 0 aromatic heterocycles. The number of rotatable bonds is 5. The highest BCUT2D eigenvalue weighted by molar-refractivity contribution is 8.14. The molecule has 0 bridgehead atoms. The van der Waals surface area contributed by atoms with Gasteiger partial charge in [-0.25, -0.2) is 0 Å². The second-order valence-corrected chi connectivity index (χ2v) is 15.7. The van der Waals surface area contributed by atoms with Gasteiger partial charge in [-0.2, -0.15) is 0 Å². The van der Waals surface area contributed by atoms with Gasteiger partial charge in [0.25, 0.3) is 0 Å². The van der Waals surface area contributed by atoms with E-state index in [1.165, 1.54) is 22.9 Å². The Hall–Kier alpha value is -2.36. The van der Waals surface area contributed by atoms with E-state index in [4.69, 9.17) is 11.2 Å². The highest BCUT2D eigenvalue weighted by atomic mass is 32.2. The number of benzene rings is 1. The van der Waals surface area contributed by atoms with Gasteiger partial charge in [0.15, 0.2) is 10.9 Å². The Morgan fingerprint density at radius 3 is 2.47 bits per heavy atom. The molecule has 6 heteroatoms. The van der Waals surface area contributed by atoms with Crippen molar-refractivity contribution in [2.24, 2.45) is 28.6 Å². The molecule has 0 N–H and O–H groups in total. The first-order valence-corrected chi connectivity index (χ1v) is 17.1. The van der Waals surface area contributed by atoms with Crippen LogP contribution >= 0.6 is 11.8 Å². The fourth-order valence-corrected chi connectivity index (χ4v) is 10.8. The number of esters is 1. The number of likely N-dealkylation sites (N-methyl/N-ethyl adjacent to an activating group) is 1. The SMILES string of the molecule is C#CCN(C)[C@H](C)Cc1ccccc1.CC(=O)S[C@@H]1CC2=CC(=O)CC[C@]2(C)[C@H]2CC[C@@]3(C)[C@@H](CC[C@@]34CCC(=O)O4)[C@H]12. The summed E-state index contributed by atoms with van der Waals surface area (Å²) in [5.41, 5.74) is 2.46. The molecule has 4 fully saturated rings. The number of allylic oxidation sites excluding steroid dienone is 1. The van der Waals surface area contributed by atoms with Crippen LogP contribution in [0.1, 0.15) is 91.0 Å². The third-order valence-electron chi connectivity index (χ3n) is 12.1. The van der Waals surface area contributed by atoms with E-state index < -0.39 is 0 Å². The lowest BCUT2D eigenvalue weighted by Crippen LogP contribution is -2.57. The lowest BCUT2D eigenvalue weighted by Gasteiger charge is -2.61. The van der Waals surface area contributed by atoms with Crippen LogP contribution in [-0.2, 0) is 25.5 Å². The number of ether oxygens (including phenoxy) is 1. The minimum atomic E-state index is -0.287. The molecule has 1 aliphatic heterocycles. The van der Waals surface area contributed by atoms with Gasteiger partial charge in [-0.3, -0.25) is 19.3 Å². The fraction of sp³-hybridized carbons (Fsp3) is 0.649. The maximum absolute atomic E-state index is 12.2. The summed E-state index contributed by atoms with van der Waals surface area (Å²) < 4.78 is 6.06. The molecule has 1 saturated heterocycles. The van der Waals surface area contributed by atoms with Crippen LogP contribution in [0.3, 0.4) is 0 Å². The van der Waals surface area contributed by atoms with Crippen LogP contribution in [0.4, 0.5) is 0 Å². The zero-order valence-corrected chi connectivity index (χ0v) is 27.5. The summed E-state index contributed by atoms with van der Waals surface area (Å²) in [4.78, 5) is 38.6. The molecule has 1 spiro atoms. The van der Waals surface area contributed by atoms with Crippen LogP contribution in [0.5, 0.6) is 0 Å². The highest BCUT2D eigenvalue weighted by Crippen LogP contribution is 2.70. The van der Waals surface area contributed by atoms with E-state index in [-0.39, 0.29) is 38.5 Å². The minimum Gasteiger partial charge on any atom is -0.458 e. The molecule has 1 heterocycles. The first kappa shape index (κ1) is 32.0. The smallest absolute Gasteiger partial charge is 0.306 e. The lowest BCUT2D eigenvalue weighted by molar-refractivity contribution is -0.167. The first-order chi connectivity index (χ1) is 20.4. The number of carbonyl (C=O) groups excluding carboxylic acids is 3. The summed E-state index contributed by atoms with van der Waals surface area (Å²) in [6, 6.07) is 11.0. The number of ketones is 1. The summed E-state index contributed by atoms with van der Waals surface area (Å²) in [5, 5.41) is 0.409. The summed E-state index contributed by atoms with van der Waals surface area (Å²) in [6.07, 6.45) is 16.3. The Labute approximate surface area is 263 Å². The number of fused-ring (bicyclic) bond motifs is 6. The van der Waals surface area contributed by atoms with Gasteiger partial charge in [0.05, 0.1) is 6.54 Å². The number of hydrogen-bond acceptors (Lipinski definition) is 6. The zero-order chi connectivity index (χ0) is 31.0. The van der Waals surface area contributed by atoms with Gasteiger partial charge in [-0.1, -0.05) is 67.4 Å². The van der Waals surface area contributed by atoms with Crippen molar-refractivity contribution in [3.63, 3.8) is 0 Å². The molecule has 0 unspecified atom stereocenters. The summed E-state index contributed by atoms with van der Waals surface area (Å²) >= 11 is 1.50. The number of carbonyl (C=O) groups is 3. The monoisotopic (exact) mass is 603 g/mol. The van der Waals surface area contributed by atoms with Crippen LogP contribution in [-0.4, -0.2) is 52.3 Å². The van der Waals surface area contributed by atoms with Crippen LogP contribution in [0.15, 0.2) is 42.0 Å². The normalized spacial score (nSPS) is 36.8. The molecular formula is C37H49NO4S. The lowest BCUT2D eigenvalue weighted by atomic mass is 9.46. The van der Waals surface area contributed by atoms with Crippen LogP contribution < -0.4 is 0 Å². The molecule has 5 nitrogen and oxygen atoms in total. The van der Waals surface area contributed by atoms with Gasteiger partial charge >= 0.3 is 5.97 Å². The van der Waals surface area contributed by atoms with Gasteiger partial charge in [-0.05, 0) is 100 Å². The quantitative estimate of drug-likeness (QED) is 0.266. The van der Waals surface area contributed by atoms with E-state index in [1.54, 1.807) is 6.92 Å². The van der Waals surface area contributed by atoms with E-state index >= 15 is 0 Å². The molecule has 232 valence electrons. The maximum atomic E-state index is 12.2. The Bertz CT molecular complexity index is 1300. The number of nitrogens with zero attached hydrogens (tertiary/aromatic N) is 1. The molecule has 1 aromatic carbocycles. The summed E-state index contributed by atoms with van der Waals surface area (Å²) in [7, 11) is 2.06. The molecule has 1 aromatic rings. The van der Waals surface area contributed by atoms with Gasteiger partial charge < -0.3 is 4.74 Å². The van der Waals surface area contributed by atoms with Crippen molar-refractivity contribution in [3.8, 4) is 12.3 Å². The largest absolute Gasteiger partial charge is 0.458 e. The van der Waals surface area contributed by atoms with Gasteiger partial charge in [-0.15, -0.1) is 6.42 Å². The predicted octanol–water partition coefficient (Wildman–Crippen LogP) is 7.03. The topological polar surface area (TPSA) is 63.7 Å². The van der Waals surface area contributed by atoms with Crippen molar-refractivity contribution in [2.75, 3.05) is 13.6 Å². The standard InChI is InChI=1S/C24H32O4S.C13H17N/c1-14(25)29-19-13-15-12-16(26)4-8-22(15,2)17-5-9-23(3)18(21(17)19)6-10-24(23)11-7-20(27)28-24;1-4-10-14(3)12(2)11-13-8-6-5-7-9-13/h12,17-19,21H,4-11,13H2,1-3H3;1,5-9,12H,10-11H2,2-3H3/t17-,18-,19+,21+,22-,23-,24+;12-/m01/s1. The van der Waals surface area contributed by atoms with Crippen molar-refractivity contribution in [2.45, 2.75) is 109 Å². The van der Waals surface area contributed by atoms with Crippen LogP contribution in [0.25, 0.3) is 0 Å². The molecule has 0 amide bonds. The maximum Gasteiger partial charge on any atom is 0.306 e. The Kier molecular flexibility index (Phi) is 9.36. The van der Waals surface area contributed by atoms with Crippen molar-refractivity contribution >= 4 is 28.6 Å². The van der Waals surface area contributed by atoms with E-state index in [0.29, 0.717) is 43.2 Å². The first-order valence-electron chi connectivity index (χ1n) is 16.2. The molecular weight excluding hydrogens is 554 g/mol. The van der Waals surface area contributed by atoms with Crippen molar-refractivity contribution in [1.29, 1.82) is 0 Å². The molecule has 6 rings (SSSR count). The highest BCUT2D eigenvalue weighted by Gasteiger charge is 2.68. The summed E-state index contributed by atoms with van der Waals surface area (Å²) in [5.74, 6) is 4.33. The Morgan fingerprint density at radius 2 is 1.81 bits per heavy atom. The number of terminal acetylenes is 1. The van der Waals surface area contributed by atoms with Crippen LogP contribution in [0, 0.1) is 40.9 Å². The van der Waals surface area contributed by atoms with Gasteiger partial charge in [0.2, 0.25) is 0 Å². The second-order valence-electron chi connectivity index (χ2n) is 14.3. The number of hydrogen-bond donors (Lipinski definition) is 0. The molecule has 43 heavy (non-hydrogen) atoms. The van der Waals surface area contributed by atoms with E-state index in [0.717, 1.165) is 51.4 Å².